The monoisotopic (exact) mass is 287 g/mol. The molecule has 0 amide bonds. The highest BCUT2D eigenvalue weighted by Gasteiger charge is 2.18. The average molecular weight is 287 g/mol. The lowest BCUT2D eigenvalue weighted by molar-refractivity contribution is 0.400. The fourth-order valence-corrected chi connectivity index (χ4v) is 2.76. The number of hydrogen-bond acceptors (Lipinski definition) is 2. The summed E-state index contributed by atoms with van der Waals surface area (Å²) in [7, 11) is 3.63. The van der Waals surface area contributed by atoms with Crippen molar-refractivity contribution in [3.8, 4) is 5.75 Å². The average Bonchev–Trinajstić information content (AvgIpc) is 2.46. The van der Waals surface area contributed by atoms with Crippen LogP contribution >= 0.6 is 0 Å². The molecule has 2 rings (SSSR count). The molecule has 0 aliphatic heterocycles. The summed E-state index contributed by atoms with van der Waals surface area (Å²) in [5.41, 5.74) is 4.64. The van der Waals surface area contributed by atoms with E-state index in [-0.39, 0.29) is 11.9 Å². The van der Waals surface area contributed by atoms with Gasteiger partial charge in [-0.15, -0.1) is 0 Å². The van der Waals surface area contributed by atoms with Gasteiger partial charge in [-0.05, 0) is 62.2 Å². The lowest BCUT2D eigenvalue weighted by Crippen LogP contribution is -2.20. The normalized spacial score (nSPS) is 12.2. The minimum atomic E-state index is -0.205. The highest BCUT2D eigenvalue weighted by atomic mass is 19.1. The Morgan fingerprint density at radius 3 is 2.38 bits per heavy atom. The number of likely N-dealkylation sites (N-methyl/N-ethyl adjacent to an activating group) is 1. The van der Waals surface area contributed by atoms with Gasteiger partial charge in [-0.25, -0.2) is 4.39 Å². The Bertz CT molecular complexity index is 607. The molecule has 112 valence electrons. The first-order valence-electron chi connectivity index (χ1n) is 7.12. The Balaban J connectivity index is 2.35. The summed E-state index contributed by atoms with van der Waals surface area (Å²) in [4.78, 5) is 0. The molecule has 2 aromatic carbocycles. The number of hydrogen-bond donors (Lipinski definition) is 1. The molecule has 2 nitrogen and oxygen atoms in total. The van der Waals surface area contributed by atoms with Crippen LogP contribution in [0.2, 0.25) is 0 Å². The second kappa shape index (κ2) is 6.72. The predicted molar refractivity (Wildman–Crippen MR) is 84.4 cm³/mol. The van der Waals surface area contributed by atoms with Gasteiger partial charge < -0.3 is 10.1 Å². The van der Waals surface area contributed by atoms with Gasteiger partial charge in [0.05, 0.1) is 7.11 Å². The SMILES string of the molecule is CNC(Cc1ccc(F)cc1)c1c(C)cc(C)cc1OC. The summed E-state index contributed by atoms with van der Waals surface area (Å²) in [6.07, 6.45) is 0.789. The number of ether oxygens (including phenoxy) is 1. The summed E-state index contributed by atoms with van der Waals surface area (Å²) in [5, 5.41) is 3.34. The zero-order chi connectivity index (χ0) is 15.4. The topological polar surface area (TPSA) is 21.3 Å². The van der Waals surface area contributed by atoms with Crippen molar-refractivity contribution < 1.29 is 9.13 Å². The zero-order valence-corrected chi connectivity index (χ0v) is 13.0. The van der Waals surface area contributed by atoms with E-state index in [9.17, 15) is 4.39 Å². The van der Waals surface area contributed by atoms with E-state index >= 15 is 0 Å². The lowest BCUT2D eigenvalue weighted by atomic mass is 9.93. The highest BCUT2D eigenvalue weighted by Crippen LogP contribution is 2.31. The van der Waals surface area contributed by atoms with Gasteiger partial charge in [0.15, 0.2) is 0 Å². The number of halogens is 1. The van der Waals surface area contributed by atoms with Gasteiger partial charge in [-0.2, -0.15) is 0 Å². The van der Waals surface area contributed by atoms with E-state index in [0.717, 1.165) is 23.3 Å². The largest absolute Gasteiger partial charge is 0.496 e. The van der Waals surface area contributed by atoms with Crippen LogP contribution in [0.15, 0.2) is 36.4 Å². The van der Waals surface area contributed by atoms with Crippen molar-refractivity contribution in [2.24, 2.45) is 0 Å². The quantitative estimate of drug-likeness (QED) is 0.899. The van der Waals surface area contributed by atoms with Gasteiger partial charge in [-0.1, -0.05) is 18.2 Å². The predicted octanol–water partition coefficient (Wildman–Crippen LogP) is 3.95. The van der Waals surface area contributed by atoms with Crippen LogP contribution < -0.4 is 10.1 Å². The Kier molecular flexibility index (Phi) is 4.97. The molecule has 1 atom stereocenters. The summed E-state index contributed by atoms with van der Waals surface area (Å²) in [5.74, 6) is 0.692. The summed E-state index contributed by atoms with van der Waals surface area (Å²) >= 11 is 0. The second-order valence-electron chi connectivity index (χ2n) is 5.37. The van der Waals surface area contributed by atoms with Crippen molar-refractivity contribution in [1.29, 1.82) is 0 Å². The van der Waals surface area contributed by atoms with Crippen LogP contribution in [-0.4, -0.2) is 14.2 Å². The molecular weight excluding hydrogens is 265 g/mol. The van der Waals surface area contributed by atoms with Crippen LogP contribution in [0, 0.1) is 19.7 Å². The number of benzene rings is 2. The molecule has 0 heterocycles. The first-order chi connectivity index (χ1) is 10.0. The van der Waals surface area contributed by atoms with Gasteiger partial charge in [0.25, 0.3) is 0 Å². The molecule has 0 saturated heterocycles. The summed E-state index contributed by atoms with van der Waals surface area (Å²) < 4.78 is 18.6. The number of nitrogens with one attached hydrogen (secondary N) is 1. The fraction of sp³-hybridized carbons (Fsp3) is 0.333. The number of aryl methyl sites for hydroxylation is 2. The third-order valence-electron chi connectivity index (χ3n) is 3.76. The van der Waals surface area contributed by atoms with E-state index in [4.69, 9.17) is 4.74 Å². The highest BCUT2D eigenvalue weighted by molar-refractivity contribution is 5.45. The van der Waals surface area contributed by atoms with Crippen LogP contribution in [0.5, 0.6) is 5.75 Å². The van der Waals surface area contributed by atoms with Crippen LogP contribution in [0.4, 0.5) is 4.39 Å². The molecule has 0 radical (unpaired) electrons. The second-order valence-corrected chi connectivity index (χ2v) is 5.37. The van der Waals surface area contributed by atoms with E-state index in [1.807, 2.05) is 19.2 Å². The van der Waals surface area contributed by atoms with E-state index in [1.165, 1.54) is 23.3 Å². The van der Waals surface area contributed by atoms with Crippen LogP contribution in [0.3, 0.4) is 0 Å². The zero-order valence-electron chi connectivity index (χ0n) is 13.0. The number of rotatable bonds is 5. The lowest BCUT2D eigenvalue weighted by Gasteiger charge is -2.22. The molecule has 0 fully saturated rings. The molecule has 1 unspecified atom stereocenters. The van der Waals surface area contributed by atoms with E-state index in [1.54, 1.807) is 7.11 Å². The van der Waals surface area contributed by atoms with Crippen molar-refractivity contribution in [2.45, 2.75) is 26.3 Å². The Labute approximate surface area is 126 Å². The van der Waals surface area contributed by atoms with Crippen molar-refractivity contribution in [3.63, 3.8) is 0 Å². The van der Waals surface area contributed by atoms with Crippen molar-refractivity contribution in [3.05, 3.63) is 64.5 Å². The molecule has 0 aliphatic rings. The van der Waals surface area contributed by atoms with Crippen molar-refractivity contribution in [1.82, 2.24) is 5.32 Å². The third kappa shape index (κ3) is 3.61. The minimum absolute atomic E-state index is 0.131. The maximum Gasteiger partial charge on any atom is 0.124 e. The van der Waals surface area contributed by atoms with Gasteiger partial charge in [-0.3, -0.25) is 0 Å². The molecule has 0 aliphatic carbocycles. The third-order valence-corrected chi connectivity index (χ3v) is 3.76. The van der Waals surface area contributed by atoms with Crippen molar-refractivity contribution in [2.75, 3.05) is 14.2 Å². The standard InChI is InChI=1S/C18H22FNO/c1-12-9-13(2)18(17(10-12)21-4)16(20-3)11-14-5-7-15(19)8-6-14/h5-10,16,20H,11H2,1-4H3. The summed E-state index contributed by atoms with van der Waals surface area (Å²) in [6.45, 7) is 4.16. The molecule has 0 aromatic heterocycles. The van der Waals surface area contributed by atoms with E-state index < -0.39 is 0 Å². The maximum absolute atomic E-state index is 13.0. The smallest absolute Gasteiger partial charge is 0.124 e. The minimum Gasteiger partial charge on any atom is -0.496 e. The fourth-order valence-electron chi connectivity index (χ4n) is 2.76. The van der Waals surface area contributed by atoms with E-state index in [0.29, 0.717) is 0 Å². The maximum atomic E-state index is 13.0. The van der Waals surface area contributed by atoms with Gasteiger partial charge in [0.1, 0.15) is 11.6 Å². The van der Waals surface area contributed by atoms with Crippen LogP contribution in [-0.2, 0) is 6.42 Å². The molecule has 1 N–H and O–H groups in total. The molecule has 0 bridgehead atoms. The van der Waals surface area contributed by atoms with Gasteiger partial charge in [0.2, 0.25) is 0 Å². The Hall–Kier alpha value is -1.87. The van der Waals surface area contributed by atoms with Gasteiger partial charge >= 0.3 is 0 Å². The van der Waals surface area contributed by atoms with Gasteiger partial charge in [0, 0.05) is 11.6 Å². The summed E-state index contributed by atoms with van der Waals surface area (Å²) in [6, 6.07) is 11.0. The molecule has 21 heavy (non-hydrogen) atoms. The molecule has 0 spiro atoms. The molecule has 0 saturated carbocycles. The van der Waals surface area contributed by atoms with E-state index in [2.05, 4.69) is 31.3 Å². The van der Waals surface area contributed by atoms with Crippen molar-refractivity contribution >= 4 is 0 Å². The Morgan fingerprint density at radius 2 is 1.81 bits per heavy atom. The van der Waals surface area contributed by atoms with Crippen LogP contribution in [0.25, 0.3) is 0 Å². The Morgan fingerprint density at radius 1 is 1.14 bits per heavy atom. The molecule has 3 heteroatoms. The molecule has 2 aromatic rings. The first-order valence-corrected chi connectivity index (χ1v) is 7.12. The first kappa shape index (κ1) is 15.5. The van der Waals surface area contributed by atoms with Crippen LogP contribution in [0.1, 0.15) is 28.3 Å². The number of methoxy groups -OCH3 is 1. The molecular formula is C18H22FNO.